The zero-order chi connectivity index (χ0) is 16.5. The molecular formula is C17H16N4O2. The zero-order valence-corrected chi connectivity index (χ0v) is 12.9. The lowest BCUT2D eigenvalue weighted by molar-refractivity contribution is -0.193. The van der Waals surface area contributed by atoms with Crippen LogP contribution < -0.4 is 5.73 Å². The lowest BCUT2D eigenvalue weighted by Gasteiger charge is -2.26. The molecule has 23 heavy (non-hydrogen) atoms. The van der Waals surface area contributed by atoms with Crippen LogP contribution in [-0.4, -0.2) is 24.5 Å². The van der Waals surface area contributed by atoms with Crippen molar-refractivity contribution in [3.05, 3.63) is 35.4 Å². The number of rotatable bonds is 1. The van der Waals surface area contributed by atoms with Gasteiger partial charge in [0.1, 0.15) is 11.3 Å². The van der Waals surface area contributed by atoms with Gasteiger partial charge in [0, 0.05) is 5.92 Å². The van der Waals surface area contributed by atoms with Crippen molar-refractivity contribution in [3.8, 4) is 12.1 Å². The van der Waals surface area contributed by atoms with Crippen molar-refractivity contribution < 1.29 is 9.47 Å². The molecule has 2 fully saturated rings. The standard InChI is InChI=1S/C17H16N4O2/c1-10-3-5-12(6-4-10)13-15(8-18)14(20)21-17(16(13,15)9-19)22-7-11(2)23-17/h3-6,11,13H,7H2,1-2H3,(H2,20,21)/t11-,13+,15+,16+,17+/m0/s1. The molecule has 1 aromatic rings. The monoisotopic (exact) mass is 308 g/mol. The van der Waals surface area contributed by atoms with Gasteiger partial charge in [-0.1, -0.05) is 29.8 Å². The van der Waals surface area contributed by atoms with E-state index in [1.54, 1.807) is 0 Å². The van der Waals surface area contributed by atoms with Gasteiger partial charge in [-0.2, -0.15) is 10.5 Å². The number of aryl methyl sites for hydroxylation is 1. The molecule has 1 spiro atoms. The maximum Gasteiger partial charge on any atom is 0.293 e. The third-order valence-electron chi connectivity index (χ3n) is 5.21. The van der Waals surface area contributed by atoms with E-state index in [2.05, 4.69) is 17.1 Å². The Labute approximate surface area is 134 Å². The highest BCUT2D eigenvalue weighted by atomic mass is 16.8. The van der Waals surface area contributed by atoms with Crippen LogP contribution in [0.3, 0.4) is 0 Å². The maximum absolute atomic E-state index is 9.99. The predicted octanol–water partition coefficient (Wildman–Crippen LogP) is 1.57. The van der Waals surface area contributed by atoms with Gasteiger partial charge in [-0.15, -0.1) is 0 Å². The van der Waals surface area contributed by atoms with Crippen LogP contribution in [0, 0.1) is 40.4 Å². The zero-order valence-electron chi connectivity index (χ0n) is 12.9. The summed E-state index contributed by atoms with van der Waals surface area (Å²) in [5.74, 6) is -1.76. The SMILES string of the molecule is Cc1ccc([C@H]2[C@@]3(C#N)[C@@]4(N=C(N)[C@@]23C#N)OC[C@H](C)O4)cc1. The van der Waals surface area contributed by atoms with Crippen molar-refractivity contribution in [1.82, 2.24) is 0 Å². The summed E-state index contributed by atoms with van der Waals surface area (Å²) in [5, 5.41) is 19.8. The predicted molar refractivity (Wildman–Crippen MR) is 80.9 cm³/mol. The first-order chi connectivity index (χ1) is 11.0. The molecule has 6 nitrogen and oxygen atoms in total. The van der Waals surface area contributed by atoms with Gasteiger partial charge < -0.3 is 15.2 Å². The van der Waals surface area contributed by atoms with Crippen molar-refractivity contribution in [3.63, 3.8) is 0 Å². The van der Waals surface area contributed by atoms with Gasteiger partial charge in [0.2, 0.25) is 0 Å². The van der Waals surface area contributed by atoms with Crippen LogP contribution in [0.5, 0.6) is 0 Å². The second-order valence-electron chi connectivity index (χ2n) is 6.50. The van der Waals surface area contributed by atoms with Gasteiger partial charge in [-0.3, -0.25) is 0 Å². The van der Waals surface area contributed by atoms with E-state index in [9.17, 15) is 10.5 Å². The number of nitriles is 2. The Morgan fingerprint density at radius 1 is 1.26 bits per heavy atom. The molecule has 0 radical (unpaired) electrons. The minimum absolute atomic E-state index is 0.126. The number of nitrogens with two attached hydrogens (primary N) is 1. The summed E-state index contributed by atoms with van der Waals surface area (Å²) in [6, 6.07) is 12.3. The average molecular weight is 308 g/mol. The smallest absolute Gasteiger partial charge is 0.293 e. The van der Waals surface area contributed by atoms with Crippen LogP contribution >= 0.6 is 0 Å². The Hall–Kier alpha value is -2.41. The van der Waals surface area contributed by atoms with Gasteiger partial charge >= 0.3 is 0 Å². The summed E-state index contributed by atoms with van der Waals surface area (Å²) >= 11 is 0. The molecule has 0 bridgehead atoms. The van der Waals surface area contributed by atoms with Crippen LogP contribution in [-0.2, 0) is 9.47 Å². The molecule has 3 aliphatic rings. The van der Waals surface area contributed by atoms with Crippen molar-refractivity contribution in [1.29, 1.82) is 10.5 Å². The number of amidine groups is 1. The van der Waals surface area contributed by atoms with Crippen molar-refractivity contribution >= 4 is 5.84 Å². The number of aliphatic imine (C=N–C) groups is 1. The van der Waals surface area contributed by atoms with E-state index in [-0.39, 0.29) is 11.9 Å². The summed E-state index contributed by atoms with van der Waals surface area (Å²) in [5.41, 5.74) is 5.65. The Kier molecular flexibility index (Phi) is 2.54. The molecule has 1 aliphatic carbocycles. The Bertz CT molecular complexity index is 805. The molecule has 1 saturated heterocycles. The fraction of sp³-hybridized carbons (Fsp3) is 0.471. The molecule has 2 heterocycles. The molecule has 0 aromatic heterocycles. The Morgan fingerprint density at radius 3 is 2.48 bits per heavy atom. The highest BCUT2D eigenvalue weighted by Crippen LogP contribution is 2.82. The van der Waals surface area contributed by atoms with Crippen molar-refractivity contribution in [2.45, 2.75) is 31.8 Å². The normalized spacial score (nSPS) is 43.6. The maximum atomic E-state index is 9.99. The molecule has 6 heteroatoms. The number of benzene rings is 1. The molecule has 0 amide bonds. The summed E-state index contributed by atoms with van der Waals surface area (Å²) in [6.07, 6.45) is -0.203. The molecule has 5 atom stereocenters. The molecular weight excluding hydrogens is 292 g/mol. The second kappa shape index (κ2) is 4.11. The first-order valence-electron chi connectivity index (χ1n) is 7.54. The van der Waals surface area contributed by atoms with Crippen molar-refractivity contribution in [2.75, 3.05) is 6.61 Å². The molecule has 116 valence electrons. The topological polar surface area (TPSA) is 104 Å². The molecule has 2 N–H and O–H groups in total. The number of hydrogen-bond donors (Lipinski definition) is 1. The first kappa shape index (κ1) is 14.2. The molecule has 4 rings (SSSR count). The average Bonchev–Trinajstić information content (AvgIpc) is 2.92. The van der Waals surface area contributed by atoms with Gasteiger partial charge in [-0.05, 0) is 19.4 Å². The number of ether oxygens (including phenoxy) is 2. The molecule has 1 saturated carbocycles. The van der Waals surface area contributed by atoms with Crippen LogP contribution in [0.15, 0.2) is 29.3 Å². The second-order valence-corrected chi connectivity index (χ2v) is 6.50. The van der Waals surface area contributed by atoms with Crippen LogP contribution in [0.4, 0.5) is 0 Å². The van der Waals surface area contributed by atoms with E-state index in [4.69, 9.17) is 15.2 Å². The van der Waals surface area contributed by atoms with Crippen LogP contribution in [0.25, 0.3) is 0 Å². The number of fused-ring (bicyclic) bond motifs is 2. The molecule has 0 unspecified atom stereocenters. The van der Waals surface area contributed by atoms with E-state index in [1.807, 2.05) is 38.1 Å². The minimum Gasteiger partial charge on any atom is -0.386 e. The summed E-state index contributed by atoms with van der Waals surface area (Å²) in [4.78, 5) is 4.28. The van der Waals surface area contributed by atoms with Gasteiger partial charge in [0.15, 0.2) is 5.41 Å². The van der Waals surface area contributed by atoms with Gasteiger partial charge in [0.05, 0.1) is 24.8 Å². The lowest BCUT2D eigenvalue weighted by atomic mass is 9.93. The molecule has 1 aromatic carbocycles. The Morgan fingerprint density at radius 2 is 1.96 bits per heavy atom. The van der Waals surface area contributed by atoms with E-state index in [0.29, 0.717) is 6.61 Å². The van der Waals surface area contributed by atoms with E-state index < -0.39 is 22.7 Å². The third-order valence-corrected chi connectivity index (χ3v) is 5.21. The highest BCUT2D eigenvalue weighted by Gasteiger charge is 2.94. The number of hydrogen-bond acceptors (Lipinski definition) is 6. The van der Waals surface area contributed by atoms with Crippen molar-refractivity contribution in [2.24, 2.45) is 21.6 Å². The van der Waals surface area contributed by atoms with E-state index >= 15 is 0 Å². The quantitative estimate of drug-likeness (QED) is 0.848. The van der Waals surface area contributed by atoms with Gasteiger partial charge in [-0.25, -0.2) is 4.99 Å². The first-order valence-corrected chi connectivity index (χ1v) is 7.54. The Balaban J connectivity index is 1.91. The summed E-state index contributed by atoms with van der Waals surface area (Å²) in [6.45, 7) is 4.16. The largest absolute Gasteiger partial charge is 0.386 e. The van der Waals surface area contributed by atoms with Crippen LogP contribution in [0.2, 0.25) is 0 Å². The number of nitrogens with zero attached hydrogens (tertiary/aromatic N) is 3. The van der Waals surface area contributed by atoms with Gasteiger partial charge in [0.25, 0.3) is 5.91 Å². The fourth-order valence-corrected chi connectivity index (χ4v) is 4.12. The minimum atomic E-state index is -1.48. The summed E-state index contributed by atoms with van der Waals surface area (Å²) in [7, 11) is 0. The lowest BCUT2D eigenvalue weighted by Crippen LogP contribution is -2.39. The summed E-state index contributed by atoms with van der Waals surface area (Å²) < 4.78 is 11.6. The highest BCUT2D eigenvalue weighted by molar-refractivity contribution is 6.00. The van der Waals surface area contributed by atoms with E-state index in [1.165, 1.54) is 0 Å². The fourth-order valence-electron chi connectivity index (χ4n) is 4.12. The third kappa shape index (κ3) is 1.33. The molecule has 2 aliphatic heterocycles. The van der Waals surface area contributed by atoms with Crippen LogP contribution in [0.1, 0.15) is 24.0 Å². The van der Waals surface area contributed by atoms with E-state index in [0.717, 1.165) is 11.1 Å².